The average Bonchev–Trinajstić information content (AvgIpc) is 3.19. The number of piperidine rings is 1. The monoisotopic (exact) mass is 469 g/mol. The molecule has 0 unspecified atom stereocenters. The van der Waals surface area contributed by atoms with Crippen molar-refractivity contribution < 1.29 is 4.79 Å². The molecule has 1 saturated heterocycles. The molecule has 0 atom stereocenters. The van der Waals surface area contributed by atoms with Gasteiger partial charge in [0.05, 0.1) is 5.75 Å². The Hall–Kier alpha value is -2.65. The summed E-state index contributed by atoms with van der Waals surface area (Å²) in [5.41, 5.74) is 3.28. The van der Waals surface area contributed by atoms with E-state index in [1.807, 2.05) is 26.0 Å². The van der Waals surface area contributed by atoms with Gasteiger partial charge in [0.2, 0.25) is 5.91 Å². The molecule has 0 radical (unpaired) electrons. The van der Waals surface area contributed by atoms with E-state index in [0.29, 0.717) is 22.0 Å². The number of aromatic nitrogens is 3. The van der Waals surface area contributed by atoms with Crippen LogP contribution in [0.4, 0.5) is 10.8 Å². The molecule has 1 N–H and O–H groups in total. The van der Waals surface area contributed by atoms with Crippen molar-refractivity contribution in [3.05, 3.63) is 52.3 Å². The molecule has 1 aliphatic heterocycles. The molecule has 0 spiro atoms. The summed E-state index contributed by atoms with van der Waals surface area (Å²) in [6.07, 6.45) is 5.18. The Morgan fingerprint density at radius 2 is 1.91 bits per heavy atom. The van der Waals surface area contributed by atoms with Crippen LogP contribution in [0, 0.1) is 13.8 Å². The Morgan fingerprint density at radius 1 is 1.19 bits per heavy atom. The van der Waals surface area contributed by atoms with E-state index in [1.54, 1.807) is 10.6 Å². The first-order chi connectivity index (χ1) is 15.4. The summed E-state index contributed by atoms with van der Waals surface area (Å²) in [7, 11) is 0. The Labute approximate surface area is 195 Å². The highest BCUT2D eigenvalue weighted by Gasteiger charge is 2.20. The van der Waals surface area contributed by atoms with Crippen molar-refractivity contribution in [2.24, 2.45) is 0 Å². The number of nitrogens with one attached hydrogen (secondary N) is 1. The molecule has 0 saturated carbocycles. The lowest BCUT2D eigenvalue weighted by Crippen LogP contribution is -2.29. The van der Waals surface area contributed by atoms with Gasteiger partial charge in [-0.3, -0.25) is 14.2 Å². The Morgan fingerprint density at radius 3 is 2.59 bits per heavy atom. The van der Waals surface area contributed by atoms with Crippen molar-refractivity contribution in [1.82, 2.24) is 14.5 Å². The number of carbonyl (C=O) groups is 1. The van der Waals surface area contributed by atoms with Crippen LogP contribution in [0.5, 0.6) is 0 Å². The van der Waals surface area contributed by atoms with Crippen LogP contribution in [0.1, 0.15) is 30.4 Å². The van der Waals surface area contributed by atoms with E-state index < -0.39 is 0 Å². The summed E-state index contributed by atoms with van der Waals surface area (Å²) in [6.45, 7) is 10.0. The van der Waals surface area contributed by atoms with Gasteiger partial charge in [-0.1, -0.05) is 35.2 Å². The maximum Gasteiger partial charge on any atom is 0.274 e. The minimum absolute atomic E-state index is 0.132. The molecule has 0 bridgehead atoms. The van der Waals surface area contributed by atoms with Gasteiger partial charge in [0, 0.05) is 25.3 Å². The van der Waals surface area contributed by atoms with E-state index in [0.717, 1.165) is 47.9 Å². The van der Waals surface area contributed by atoms with Gasteiger partial charge in [0.15, 0.2) is 15.9 Å². The van der Waals surface area contributed by atoms with Crippen LogP contribution in [-0.4, -0.2) is 39.3 Å². The van der Waals surface area contributed by atoms with Crippen LogP contribution in [0.15, 0.2) is 40.8 Å². The predicted molar refractivity (Wildman–Crippen MR) is 133 cm³/mol. The molecule has 2 aromatic heterocycles. The average molecular weight is 470 g/mol. The molecular formula is C23H27N5O2S2. The summed E-state index contributed by atoms with van der Waals surface area (Å²) in [5, 5.41) is 4.26. The second-order valence-corrected chi connectivity index (χ2v) is 9.93. The van der Waals surface area contributed by atoms with E-state index >= 15 is 0 Å². The number of aryl methyl sites for hydroxylation is 2. The molecule has 9 heteroatoms. The van der Waals surface area contributed by atoms with Gasteiger partial charge in [-0.2, -0.15) is 4.98 Å². The predicted octanol–water partition coefficient (Wildman–Crippen LogP) is 4.38. The van der Waals surface area contributed by atoms with E-state index in [-0.39, 0.29) is 17.2 Å². The second-order valence-electron chi connectivity index (χ2n) is 8.01. The van der Waals surface area contributed by atoms with Crippen molar-refractivity contribution >= 4 is 50.2 Å². The molecule has 0 aliphatic carbocycles. The fourth-order valence-corrected chi connectivity index (χ4v) is 5.67. The van der Waals surface area contributed by atoms with Crippen molar-refractivity contribution in [3.63, 3.8) is 0 Å². The highest BCUT2D eigenvalue weighted by atomic mass is 32.2. The number of amides is 1. The van der Waals surface area contributed by atoms with E-state index in [9.17, 15) is 9.59 Å². The number of hydrogen-bond acceptors (Lipinski definition) is 7. The number of carbonyl (C=O) groups excluding carboxylic acids is 1. The number of nitrogens with zero attached hydrogens (tertiary/aromatic N) is 4. The normalized spacial score (nSPS) is 14.0. The number of hydrogen-bond donors (Lipinski definition) is 1. The highest BCUT2D eigenvalue weighted by Crippen LogP contribution is 2.29. The second kappa shape index (κ2) is 9.87. The van der Waals surface area contributed by atoms with Gasteiger partial charge in [-0.15, -0.1) is 6.58 Å². The molecule has 1 fully saturated rings. The van der Waals surface area contributed by atoms with E-state index in [2.05, 4.69) is 32.8 Å². The quantitative estimate of drug-likeness (QED) is 0.314. The Bertz CT molecular complexity index is 1190. The van der Waals surface area contributed by atoms with Crippen molar-refractivity contribution in [1.29, 1.82) is 0 Å². The minimum Gasteiger partial charge on any atom is -0.348 e. The number of allylic oxidation sites excluding steroid dienone is 1. The van der Waals surface area contributed by atoms with Gasteiger partial charge in [0.25, 0.3) is 5.56 Å². The van der Waals surface area contributed by atoms with Crippen LogP contribution in [0.2, 0.25) is 0 Å². The third-order valence-electron chi connectivity index (χ3n) is 5.25. The number of thioether (sulfide) groups is 1. The highest BCUT2D eigenvalue weighted by molar-refractivity contribution is 7.99. The molecule has 4 rings (SSSR count). The summed E-state index contributed by atoms with van der Waals surface area (Å²) in [5.74, 6) is -0.00245. The zero-order valence-corrected chi connectivity index (χ0v) is 20.0. The summed E-state index contributed by atoms with van der Waals surface area (Å²) >= 11 is 2.64. The minimum atomic E-state index is -0.146. The van der Waals surface area contributed by atoms with Gasteiger partial charge >= 0.3 is 0 Å². The van der Waals surface area contributed by atoms with E-state index in [1.165, 1.54) is 29.5 Å². The molecule has 32 heavy (non-hydrogen) atoms. The van der Waals surface area contributed by atoms with Crippen LogP contribution < -0.4 is 15.8 Å². The smallest absolute Gasteiger partial charge is 0.274 e. The lowest BCUT2D eigenvalue weighted by Gasteiger charge is -2.25. The molecule has 3 heterocycles. The van der Waals surface area contributed by atoms with Crippen LogP contribution in [-0.2, 0) is 11.3 Å². The number of thiazole rings is 1. The first-order valence-corrected chi connectivity index (χ1v) is 12.5. The number of fused-ring (bicyclic) bond motifs is 1. The number of anilines is 2. The lowest BCUT2D eigenvalue weighted by molar-refractivity contribution is -0.113. The standard InChI is InChI=1S/C23H27N5O2S2/c1-4-8-28-21(30)19-20(25-22(32-19)27-9-6-5-7-10-27)26-23(28)31-14-18(29)24-17-12-15(2)11-16(3)13-17/h4,11-13H,1,5-10,14H2,2-3H3,(H,24,29). The summed E-state index contributed by atoms with van der Waals surface area (Å²) in [4.78, 5) is 37.2. The number of benzene rings is 1. The van der Waals surface area contributed by atoms with Gasteiger partial charge in [-0.05, 0) is 56.4 Å². The largest absolute Gasteiger partial charge is 0.348 e. The fraction of sp³-hybridized carbons (Fsp3) is 0.391. The first kappa shape index (κ1) is 22.5. The van der Waals surface area contributed by atoms with Gasteiger partial charge in [0.1, 0.15) is 4.70 Å². The third-order valence-corrected chi connectivity index (χ3v) is 7.32. The molecule has 7 nitrogen and oxygen atoms in total. The van der Waals surface area contributed by atoms with Crippen molar-refractivity contribution in [2.45, 2.75) is 44.8 Å². The summed E-state index contributed by atoms with van der Waals surface area (Å²) in [6, 6.07) is 5.93. The number of rotatable bonds is 7. The fourth-order valence-electron chi connectivity index (χ4n) is 3.87. The molecule has 1 aromatic carbocycles. The maximum atomic E-state index is 13.2. The lowest BCUT2D eigenvalue weighted by atomic mass is 10.1. The van der Waals surface area contributed by atoms with Crippen molar-refractivity contribution in [2.75, 3.05) is 29.1 Å². The van der Waals surface area contributed by atoms with Crippen LogP contribution >= 0.6 is 23.1 Å². The van der Waals surface area contributed by atoms with Crippen LogP contribution in [0.25, 0.3) is 10.3 Å². The molecule has 3 aromatic rings. The molecule has 1 amide bonds. The van der Waals surface area contributed by atoms with E-state index in [4.69, 9.17) is 0 Å². The van der Waals surface area contributed by atoms with Gasteiger partial charge in [-0.25, -0.2) is 4.98 Å². The van der Waals surface area contributed by atoms with Crippen molar-refractivity contribution in [3.8, 4) is 0 Å². The first-order valence-electron chi connectivity index (χ1n) is 10.7. The molecule has 168 valence electrons. The zero-order chi connectivity index (χ0) is 22.7. The molecule has 1 aliphatic rings. The summed E-state index contributed by atoms with van der Waals surface area (Å²) < 4.78 is 2.12. The van der Waals surface area contributed by atoms with Crippen LogP contribution in [0.3, 0.4) is 0 Å². The molecular weight excluding hydrogens is 442 g/mol. The SMILES string of the molecule is C=CCn1c(SCC(=O)Nc2cc(C)cc(C)c2)nc2nc(N3CCCCC3)sc2c1=O. The van der Waals surface area contributed by atoms with Gasteiger partial charge < -0.3 is 10.2 Å². The Kier molecular flexibility index (Phi) is 6.95. The maximum absolute atomic E-state index is 13.2. The third kappa shape index (κ3) is 5.05. The topological polar surface area (TPSA) is 80.1 Å². The Balaban J connectivity index is 1.56. The zero-order valence-electron chi connectivity index (χ0n) is 18.4.